The van der Waals surface area contributed by atoms with Crippen molar-refractivity contribution in [1.29, 1.82) is 0 Å². The number of hydrogen-bond acceptors (Lipinski definition) is 4. The fraction of sp³-hybridized carbons (Fsp3) is 0.538. The summed E-state index contributed by atoms with van der Waals surface area (Å²) in [6.07, 6.45) is 0.899. The summed E-state index contributed by atoms with van der Waals surface area (Å²) in [6, 6.07) is 0. The molecule has 1 saturated heterocycles. The van der Waals surface area contributed by atoms with Crippen LogP contribution in [0.1, 0.15) is 27.7 Å². The van der Waals surface area contributed by atoms with Crippen LogP contribution in [-0.4, -0.2) is 62.7 Å². The molecule has 21 heavy (non-hydrogen) atoms. The molecule has 1 atom stereocenters. The van der Waals surface area contributed by atoms with E-state index in [-0.39, 0.29) is 37.0 Å². The van der Waals surface area contributed by atoms with E-state index in [2.05, 4.69) is 0 Å². The van der Waals surface area contributed by atoms with Crippen LogP contribution in [0.4, 0.5) is 0 Å². The van der Waals surface area contributed by atoms with Gasteiger partial charge in [-0.1, -0.05) is 0 Å². The topological polar surface area (TPSA) is 81.2 Å². The number of carbonyl (C=O) groups excluding carboxylic acids is 4. The molecule has 2 aliphatic rings. The second kappa shape index (κ2) is 5.19. The predicted octanol–water partition coefficient (Wildman–Crippen LogP) is -0.510. The Kier molecular flexibility index (Phi) is 3.71. The predicted molar refractivity (Wildman–Crippen MR) is 71.7 cm³/mol. The average molecular weight is 294 g/mol. The van der Waals surface area contributed by atoms with Crippen molar-refractivity contribution < 1.29 is 19.2 Å². The summed E-state index contributed by atoms with van der Waals surface area (Å²) in [4.78, 5) is 52.6. The monoisotopic (exact) mass is 294 g/mol. The molecule has 4 amide bonds. The second-order valence-electron chi connectivity index (χ2n) is 5.12. The van der Waals surface area contributed by atoms with Gasteiger partial charge in [0.05, 0.1) is 5.70 Å². The molecule has 2 rings (SSSR count). The molecule has 0 radical (unpaired) electrons. The largest absolute Gasteiger partial charge is 0.299 e. The Morgan fingerprint density at radius 3 is 1.81 bits per heavy atom. The first-order chi connectivity index (χ1) is 9.73. The number of rotatable bonds is 0. The smallest absolute Gasteiger partial charge is 0.225 e. The number of amides is 4. The zero-order chi connectivity index (χ0) is 15.9. The highest BCUT2D eigenvalue weighted by molar-refractivity contribution is 5.83. The first-order valence-corrected chi connectivity index (χ1v) is 6.55. The van der Waals surface area contributed by atoms with Gasteiger partial charge >= 0.3 is 0 Å². The lowest BCUT2D eigenvalue weighted by molar-refractivity contribution is -0.144. The zero-order valence-electron chi connectivity index (χ0n) is 12.5. The van der Waals surface area contributed by atoms with Crippen molar-refractivity contribution in [1.82, 2.24) is 19.6 Å². The number of carbonyl (C=O) groups is 4. The summed E-state index contributed by atoms with van der Waals surface area (Å²) < 4.78 is 0. The lowest BCUT2D eigenvalue weighted by atomic mass is 10.2. The molecule has 2 heterocycles. The fourth-order valence-electron chi connectivity index (χ4n) is 2.53. The minimum atomic E-state index is -0.639. The van der Waals surface area contributed by atoms with Crippen LogP contribution in [0, 0.1) is 0 Å². The van der Waals surface area contributed by atoms with Gasteiger partial charge in [-0.3, -0.25) is 38.8 Å². The Labute approximate surface area is 122 Å². The van der Waals surface area contributed by atoms with Gasteiger partial charge in [0, 0.05) is 33.9 Å². The lowest BCUT2D eigenvalue weighted by Gasteiger charge is -2.39. The van der Waals surface area contributed by atoms with E-state index >= 15 is 0 Å². The quantitative estimate of drug-likeness (QED) is 0.602. The van der Waals surface area contributed by atoms with E-state index in [4.69, 9.17) is 0 Å². The van der Waals surface area contributed by atoms with Crippen molar-refractivity contribution in [3.05, 3.63) is 11.9 Å². The van der Waals surface area contributed by atoms with E-state index in [1.54, 1.807) is 0 Å². The molecular weight excluding hydrogens is 276 g/mol. The summed E-state index contributed by atoms with van der Waals surface area (Å²) in [5.74, 6) is -0.994. The Morgan fingerprint density at radius 2 is 1.38 bits per heavy atom. The van der Waals surface area contributed by atoms with Crippen LogP contribution in [0.15, 0.2) is 11.9 Å². The molecule has 1 unspecified atom stereocenters. The summed E-state index contributed by atoms with van der Waals surface area (Å²) in [7, 11) is 0. The molecule has 114 valence electrons. The van der Waals surface area contributed by atoms with Gasteiger partial charge in [-0.15, -0.1) is 0 Å². The Balaban J connectivity index is 2.51. The van der Waals surface area contributed by atoms with Crippen LogP contribution in [0.25, 0.3) is 0 Å². The maximum absolute atomic E-state index is 11.9. The summed E-state index contributed by atoms with van der Waals surface area (Å²) in [5, 5.41) is 0. The average Bonchev–Trinajstić information content (AvgIpc) is 2.76. The van der Waals surface area contributed by atoms with Crippen LogP contribution in [-0.2, 0) is 19.2 Å². The second-order valence-corrected chi connectivity index (χ2v) is 5.12. The Bertz CT molecular complexity index is 556. The van der Waals surface area contributed by atoms with Crippen LogP contribution < -0.4 is 0 Å². The molecule has 0 N–H and O–H groups in total. The van der Waals surface area contributed by atoms with Gasteiger partial charge in [0.1, 0.15) is 13.3 Å². The van der Waals surface area contributed by atoms with Gasteiger partial charge in [0.2, 0.25) is 23.6 Å². The van der Waals surface area contributed by atoms with E-state index in [0.717, 1.165) is 0 Å². The van der Waals surface area contributed by atoms with Crippen LogP contribution in [0.3, 0.4) is 0 Å². The highest BCUT2D eigenvalue weighted by Gasteiger charge is 2.46. The molecule has 8 heteroatoms. The van der Waals surface area contributed by atoms with Crippen LogP contribution >= 0.6 is 0 Å². The zero-order valence-corrected chi connectivity index (χ0v) is 12.5. The number of hydrogen-bond donors (Lipinski definition) is 0. The fourth-order valence-corrected chi connectivity index (χ4v) is 2.53. The first-order valence-electron chi connectivity index (χ1n) is 6.55. The normalized spacial score (nSPS) is 21.1. The molecule has 0 saturated carbocycles. The Hall–Kier alpha value is -2.38. The highest BCUT2D eigenvalue weighted by atomic mass is 16.2. The third kappa shape index (κ3) is 2.48. The van der Waals surface area contributed by atoms with Crippen molar-refractivity contribution in [2.45, 2.75) is 33.9 Å². The van der Waals surface area contributed by atoms with Crippen molar-refractivity contribution in [2.24, 2.45) is 0 Å². The number of nitrogens with zero attached hydrogens (tertiary/aromatic N) is 4. The maximum atomic E-state index is 11.9. The van der Waals surface area contributed by atoms with Gasteiger partial charge in [-0.2, -0.15) is 0 Å². The van der Waals surface area contributed by atoms with Crippen LogP contribution in [0.5, 0.6) is 0 Å². The van der Waals surface area contributed by atoms with Gasteiger partial charge in [-0.05, 0) is 0 Å². The van der Waals surface area contributed by atoms with E-state index < -0.39 is 6.17 Å². The van der Waals surface area contributed by atoms with Gasteiger partial charge < -0.3 is 0 Å². The SMILES string of the molecule is CC(=O)N1C=C2C(N(C(C)=O)C1)N(C(C)=O)CN2C(C)=O. The summed E-state index contributed by atoms with van der Waals surface area (Å²) in [6.45, 7) is 5.66. The minimum absolute atomic E-state index is 0.0638. The standard InChI is InChI=1S/C13H18N4O4/c1-8(18)14-5-12-13(16(6-14)10(3)20)17(11(4)21)7-15(12)9(2)19/h5,13H,6-7H2,1-4H3. The third-order valence-electron chi connectivity index (χ3n) is 3.65. The summed E-state index contributed by atoms with van der Waals surface area (Å²) in [5.41, 5.74) is 0.467. The Morgan fingerprint density at radius 1 is 0.857 bits per heavy atom. The summed E-state index contributed by atoms with van der Waals surface area (Å²) >= 11 is 0. The maximum Gasteiger partial charge on any atom is 0.225 e. The van der Waals surface area contributed by atoms with Crippen molar-refractivity contribution in [3.8, 4) is 0 Å². The minimum Gasteiger partial charge on any atom is -0.299 e. The molecule has 0 aromatic rings. The molecule has 0 bridgehead atoms. The molecule has 0 aromatic heterocycles. The molecule has 0 spiro atoms. The molecule has 0 aromatic carbocycles. The molecule has 0 aliphatic carbocycles. The van der Waals surface area contributed by atoms with Crippen molar-refractivity contribution >= 4 is 23.6 Å². The van der Waals surface area contributed by atoms with E-state index in [1.807, 2.05) is 0 Å². The van der Waals surface area contributed by atoms with Gasteiger partial charge in [0.15, 0.2) is 6.17 Å². The lowest BCUT2D eigenvalue weighted by Crippen LogP contribution is -2.55. The molecule has 2 aliphatic heterocycles. The van der Waals surface area contributed by atoms with E-state index in [9.17, 15) is 19.2 Å². The van der Waals surface area contributed by atoms with Crippen LogP contribution in [0.2, 0.25) is 0 Å². The van der Waals surface area contributed by atoms with E-state index in [0.29, 0.717) is 5.70 Å². The third-order valence-corrected chi connectivity index (χ3v) is 3.65. The van der Waals surface area contributed by atoms with E-state index in [1.165, 1.54) is 53.5 Å². The highest BCUT2D eigenvalue weighted by Crippen LogP contribution is 2.31. The number of fused-ring (bicyclic) bond motifs is 1. The molecular formula is C13H18N4O4. The van der Waals surface area contributed by atoms with Gasteiger partial charge in [-0.25, -0.2) is 0 Å². The first kappa shape index (κ1) is 15.0. The van der Waals surface area contributed by atoms with Gasteiger partial charge in [0.25, 0.3) is 0 Å². The molecule has 1 fully saturated rings. The van der Waals surface area contributed by atoms with Crippen molar-refractivity contribution in [3.63, 3.8) is 0 Å². The molecule has 8 nitrogen and oxygen atoms in total. The van der Waals surface area contributed by atoms with Crippen molar-refractivity contribution in [2.75, 3.05) is 13.3 Å².